The summed E-state index contributed by atoms with van der Waals surface area (Å²) in [4.78, 5) is 13.7. The molecule has 0 aliphatic carbocycles. The molecule has 0 saturated carbocycles. The molecule has 2 rings (SSSR count). The van der Waals surface area contributed by atoms with E-state index in [2.05, 4.69) is 4.72 Å². The number of halogens is 1. The second-order valence-electron chi connectivity index (χ2n) is 6.25. The molecule has 140 valence electrons. The van der Waals surface area contributed by atoms with E-state index in [0.717, 1.165) is 5.56 Å². The molecule has 26 heavy (non-hydrogen) atoms. The Kier molecular flexibility index (Phi) is 6.44. The first kappa shape index (κ1) is 20.4. The minimum atomic E-state index is -3.67. The molecule has 0 heterocycles. The third kappa shape index (κ3) is 4.63. The van der Waals surface area contributed by atoms with Crippen LogP contribution in [0.2, 0.25) is 5.02 Å². The number of rotatable bonds is 6. The molecule has 0 unspecified atom stereocenters. The molecule has 0 bridgehead atoms. The molecule has 7 heteroatoms. The van der Waals surface area contributed by atoms with E-state index in [1.807, 2.05) is 19.1 Å². The minimum Gasteiger partial charge on any atom is -0.310 e. The van der Waals surface area contributed by atoms with Gasteiger partial charge in [0, 0.05) is 20.0 Å². The van der Waals surface area contributed by atoms with Crippen molar-refractivity contribution in [3.63, 3.8) is 0 Å². The van der Waals surface area contributed by atoms with E-state index in [9.17, 15) is 13.2 Å². The van der Waals surface area contributed by atoms with Gasteiger partial charge >= 0.3 is 0 Å². The summed E-state index contributed by atoms with van der Waals surface area (Å²) in [6, 6.07) is 10.7. The first-order valence-corrected chi connectivity index (χ1v) is 10.1. The number of carbonyl (C=O) groups excluding carboxylic acids is 1. The van der Waals surface area contributed by atoms with Crippen molar-refractivity contribution >= 4 is 33.2 Å². The molecule has 0 aromatic heterocycles. The van der Waals surface area contributed by atoms with Gasteiger partial charge in [-0.25, -0.2) is 13.1 Å². The lowest BCUT2D eigenvalue weighted by atomic mass is 10.1. The Morgan fingerprint density at radius 1 is 1.12 bits per heavy atom. The summed E-state index contributed by atoms with van der Waals surface area (Å²) in [5.74, 6) is -0.208. The van der Waals surface area contributed by atoms with Crippen LogP contribution in [0.25, 0.3) is 0 Å². The monoisotopic (exact) mass is 394 g/mol. The summed E-state index contributed by atoms with van der Waals surface area (Å²) in [7, 11) is -3.67. The Hall–Kier alpha value is -1.89. The molecular formula is C19H23ClN2O3S. The number of amides is 1. The fraction of sp³-hybridized carbons (Fsp3) is 0.316. The minimum absolute atomic E-state index is 0.0832. The van der Waals surface area contributed by atoms with E-state index in [1.54, 1.807) is 38.1 Å². The fourth-order valence-corrected chi connectivity index (χ4v) is 4.78. The maximum Gasteiger partial charge on any atom is 0.241 e. The van der Waals surface area contributed by atoms with Gasteiger partial charge in [-0.3, -0.25) is 4.79 Å². The average molecular weight is 395 g/mol. The third-order valence-corrected chi connectivity index (χ3v) is 6.11. The Labute approximate surface area is 160 Å². The molecule has 0 aliphatic heterocycles. The summed E-state index contributed by atoms with van der Waals surface area (Å²) >= 11 is 6.15. The summed E-state index contributed by atoms with van der Waals surface area (Å²) in [5.41, 5.74) is 2.97. The summed E-state index contributed by atoms with van der Waals surface area (Å²) in [6.07, 6.45) is 0. The highest BCUT2D eigenvalue weighted by molar-refractivity contribution is 7.89. The average Bonchev–Trinajstić information content (AvgIpc) is 2.51. The molecule has 0 saturated heterocycles. The molecule has 0 aliphatic rings. The molecule has 1 amide bonds. The summed E-state index contributed by atoms with van der Waals surface area (Å²) in [6.45, 7) is 7.17. The maximum absolute atomic E-state index is 12.7. The van der Waals surface area contributed by atoms with Gasteiger partial charge in [0.05, 0.1) is 15.6 Å². The van der Waals surface area contributed by atoms with Crippen LogP contribution in [0.4, 0.5) is 5.69 Å². The first-order chi connectivity index (χ1) is 12.1. The van der Waals surface area contributed by atoms with Gasteiger partial charge in [-0.15, -0.1) is 0 Å². The number of nitrogens with one attached hydrogen (secondary N) is 1. The van der Waals surface area contributed by atoms with Gasteiger partial charge in [0.2, 0.25) is 15.9 Å². The van der Waals surface area contributed by atoms with Crippen LogP contribution in [0.15, 0.2) is 41.3 Å². The van der Waals surface area contributed by atoms with Crippen molar-refractivity contribution in [3.8, 4) is 0 Å². The van der Waals surface area contributed by atoms with Crippen LogP contribution in [-0.4, -0.2) is 27.4 Å². The molecule has 0 spiro atoms. The Balaban J connectivity index is 2.17. The second-order valence-corrected chi connectivity index (χ2v) is 8.36. The fourth-order valence-electron chi connectivity index (χ4n) is 3.07. The topological polar surface area (TPSA) is 66.5 Å². The summed E-state index contributed by atoms with van der Waals surface area (Å²) in [5, 5.41) is 0.441. The first-order valence-electron chi connectivity index (χ1n) is 8.23. The van der Waals surface area contributed by atoms with Crippen molar-refractivity contribution in [2.45, 2.75) is 32.6 Å². The number of anilines is 1. The van der Waals surface area contributed by atoms with Crippen LogP contribution in [-0.2, 0) is 14.8 Å². The molecule has 1 N–H and O–H groups in total. The molecule has 0 fully saturated rings. The van der Waals surface area contributed by atoms with Crippen LogP contribution in [0.3, 0.4) is 0 Å². The van der Waals surface area contributed by atoms with Crippen LogP contribution in [0.5, 0.6) is 0 Å². The van der Waals surface area contributed by atoms with Crippen molar-refractivity contribution in [3.05, 3.63) is 58.1 Å². The molecule has 5 nitrogen and oxygen atoms in total. The third-order valence-electron chi connectivity index (χ3n) is 4.02. The molecular weight excluding hydrogens is 372 g/mol. The number of para-hydroxylation sites is 1. The highest BCUT2D eigenvalue weighted by atomic mass is 35.5. The summed E-state index contributed by atoms with van der Waals surface area (Å²) < 4.78 is 28.0. The zero-order valence-electron chi connectivity index (χ0n) is 15.3. The van der Waals surface area contributed by atoms with Crippen LogP contribution in [0, 0.1) is 20.8 Å². The predicted molar refractivity (Wildman–Crippen MR) is 105 cm³/mol. The van der Waals surface area contributed by atoms with E-state index >= 15 is 0 Å². The number of aryl methyl sites for hydroxylation is 3. The van der Waals surface area contributed by atoms with Crippen molar-refractivity contribution < 1.29 is 13.2 Å². The van der Waals surface area contributed by atoms with E-state index < -0.39 is 10.0 Å². The molecule has 0 atom stereocenters. The molecule has 2 aromatic carbocycles. The molecule has 0 radical (unpaired) electrons. The van der Waals surface area contributed by atoms with Crippen molar-refractivity contribution in [1.29, 1.82) is 0 Å². The van der Waals surface area contributed by atoms with Gasteiger partial charge in [-0.05, 0) is 44.0 Å². The van der Waals surface area contributed by atoms with Gasteiger partial charge in [-0.2, -0.15) is 0 Å². The number of sulfonamides is 1. The number of nitrogens with zero attached hydrogens (tertiary/aromatic N) is 1. The number of hydrogen-bond acceptors (Lipinski definition) is 3. The van der Waals surface area contributed by atoms with Crippen molar-refractivity contribution in [2.24, 2.45) is 0 Å². The standard InChI is InChI=1S/C19H23ClN2O3S/c1-13-11-14(2)19(15(3)12-13)26(24,25)21-9-10-22(16(4)23)18-8-6-5-7-17(18)20/h5-8,11-12,21H,9-10H2,1-4H3. The van der Waals surface area contributed by atoms with Gasteiger partial charge < -0.3 is 4.90 Å². The quantitative estimate of drug-likeness (QED) is 0.814. The van der Waals surface area contributed by atoms with Crippen LogP contribution >= 0.6 is 11.6 Å². The maximum atomic E-state index is 12.7. The number of benzene rings is 2. The SMILES string of the molecule is CC(=O)N(CCNS(=O)(=O)c1c(C)cc(C)cc1C)c1ccccc1Cl. The molecule has 2 aromatic rings. The Morgan fingerprint density at radius 3 is 2.23 bits per heavy atom. The van der Waals surface area contributed by atoms with E-state index in [0.29, 0.717) is 21.8 Å². The van der Waals surface area contributed by atoms with E-state index in [-0.39, 0.29) is 23.9 Å². The second kappa shape index (κ2) is 8.20. The van der Waals surface area contributed by atoms with Gasteiger partial charge in [0.15, 0.2) is 0 Å². The smallest absolute Gasteiger partial charge is 0.241 e. The number of hydrogen-bond donors (Lipinski definition) is 1. The normalized spacial score (nSPS) is 11.4. The zero-order valence-corrected chi connectivity index (χ0v) is 16.9. The van der Waals surface area contributed by atoms with E-state index in [4.69, 9.17) is 11.6 Å². The largest absolute Gasteiger partial charge is 0.310 e. The van der Waals surface area contributed by atoms with Gasteiger partial charge in [0.1, 0.15) is 0 Å². The lowest BCUT2D eigenvalue weighted by Crippen LogP contribution is -2.38. The van der Waals surface area contributed by atoms with Crippen molar-refractivity contribution in [1.82, 2.24) is 4.72 Å². The van der Waals surface area contributed by atoms with E-state index in [1.165, 1.54) is 11.8 Å². The van der Waals surface area contributed by atoms with Crippen LogP contribution in [0.1, 0.15) is 23.6 Å². The van der Waals surface area contributed by atoms with Crippen LogP contribution < -0.4 is 9.62 Å². The van der Waals surface area contributed by atoms with Gasteiger partial charge in [0.25, 0.3) is 0 Å². The highest BCUT2D eigenvalue weighted by Gasteiger charge is 2.21. The zero-order chi connectivity index (χ0) is 19.5. The lowest BCUT2D eigenvalue weighted by Gasteiger charge is -2.22. The van der Waals surface area contributed by atoms with Crippen molar-refractivity contribution in [2.75, 3.05) is 18.0 Å². The lowest BCUT2D eigenvalue weighted by molar-refractivity contribution is -0.116. The predicted octanol–water partition coefficient (Wildman–Crippen LogP) is 3.60. The Bertz CT molecular complexity index is 903. The number of carbonyl (C=O) groups is 1. The van der Waals surface area contributed by atoms with Gasteiger partial charge in [-0.1, -0.05) is 41.4 Å². The Morgan fingerprint density at radius 2 is 1.69 bits per heavy atom. The highest BCUT2D eigenvalue weighted by Crippen LogP contribution is 2.25.